The van der Waals surface area contributed by atoms with Crippen LogP contribution in [0.1, 0.15) is 58.8 Å². The second-order valence-electron chi connectivity index (χ2n) is 3.60. The molecule has 0 spiro atoms. The first-order chi connectivity index (χ1) is 5.85. The van der Waals surface area contributed by atoms with Crippen LogP contribution < -0.4 is 0 Å². The maximum Gasteiger partial charge on any atom is 0.0894 e. The molecule has 0 aromatic heterocycles. The average molecular weight is 174 g/mol. The zero-order valence-electron chi connectivity index (χ0n) is 8.61. The molecular weight excluding hydrogens is 151 g/mol. The van der Waals surface area contributed by atoms with Gasteiger partial charge in [-0.3, -0.25) is 4.39 Å². The Balaban J connectivity index is 3.19. The summed E-state index contributed by atoms with van der Waals surface area (Å²) < 4.78 is 11.7. The molecule has 1 atom stereocenters. The van der Waals surface area contributed by atoms with Crippen LogP contribution in [0.3, 0.4) is 0 Å². The van der Waals surface area contributed by atoms with E-state index < -0.39 is 0 Å². The van der Waals surface area contributed by atoms with Crippen molar-refractivity contribution in [3.05, 3.63) is 0 Å². The van der Waals surface area contributed by atoms with Crippen LogP contribution in [0.25, 0.3) is 0 Å². The van der Waals surface area contributed by atoms with E-state index in [0.717, 1.165) is 18.8 Å². The van der Waals surface area contributed by atoms with E-state index in [-0.39, 0.29) is 6.67 Å². The quantitative estimate of drug-likeness (QED) is 0.480. The van der Waals surface area contributed by atoms with Crippen molar-refractivity contribution in [1.29, 1.82) is 0 Å². The average Bonchev–Trinajstić information content (AvgIpc) is 2.10. The van der Waals surface area contributed by atoms with Gasteiger partial charge >= 0.3 is 0 Å². The van der Waals surface area contributed by atoms with Gasteiger partial charge in [0, 0.05) is 0 Å². The van der Waals surface area contributed by atoms with Crippen LogP contribution in [-0.2, 0) is 0 Å². The molecule has 0 fully saturated rings. The smallest absolute Gasteiger partial charge is 0.0894 e. The van der Waals surface area contributed by atoms with Gasteiger partial charge in [-0.25, -0.2) is 0 Å². The number of hydrogen-bond acceptors (Lipinski definition) is 0. The van der Waals surface area contributed by atoms with Gasteiger partial charge < -0.3 is 0 Å². The van der Waals surface area contributed by atoms with Crippen molar-refractivity contribution < 1.29 is 4.39 Å². The third kappa shape index (κ3) is 6.63. The molecule has 0 nitrogen and oxygen atoms in total. The van der Waals surface area contributed by atoms with Crippen molar-refractivity contribution in [2.75, 3.05) is 6.67 Å². The van der Waals surface area contributed by atoms with Crippen LogP contribution in [0.2, 0.25) is 0 Å². The molecule has 0 radical (unpaired) electrons. The minimum Gasteiger partial charge on any atom is -0.251 e. The van der Waals surface area contributed by atoms with E-state index in [1.165, 1.54) is 32.1 Å². The van der Waals surface area contributed by atoms with Crippen molar-refractivity contribution >= 4 is 0 Å². The summed E-state index contributed by atoms with van der Waals surface area (Å²) in [7, 11) is 0. The molecular formula is C11H23F. The molecule has 0 N–H and O–H groups in total. The van der Waals surface area contributed by atoms with Gasteiger partial charge in [0.15, 0.2) is 0 Å². The van der Waals surface area contributed by atoms with Crippen molar-refractivity contribution in [3.8, 4) is 0 Å². The highest BCUT2D eigenvalue weighted by Crippen LogP contribution is 2.18. The normalized spacial score (nSPS) is 13.2. The van der Waals surface area contributed by atoms with Gasteiger partial charge in [0.2, 0.25) is 0 Å². The van der Waals surface area contributed by atoms with Gasteiger partial charge in [-0.05, 0) is 12.3 Å². The van der Waals surface area contributed by atoms with Crippen LogP contribution in [0.5, 0.6) is 0 Å². The molecule has 0 aromatic rings. The van der Waals surface area contributed by atoms with E-state index >= 15 is 0 Å². The lowest BCUT2D eigenvalue weighted by Crippen LogP contribution is -1.98. The molecule has 1 unspecified atom stereocenters. The Bertz CT molecular complexity index is 81.1. The van der Waals surface area contributed by atoms with Gasteiger partial charge in [-0.15, -0.1) is 0 Å². The van der Waals surface area contributed by atoms with Gasteiger partial charge in [0.05, 0.1) is 6.67 Å². The third-order valence-electron chi connectivity index (χ3n) is 2.52. The minimum absolute atomic E-state index is 0.134. The Hall–Kier alpha value is -0.0700. The van der Waals surface area contributed by atoms with Gasteiger partial charge in [0.1, 0.15) is 0 Å². The predicted molar refractivity (Wildman–Crippen MR) is 53.1 cm³/mol. The van der Waals surface area contributed by atoms with Crippen LogP contribution in [-0.4, -0.2) is 6.67 Å². The molecule has 0 aromatic carbocycles. The molecule has 0 aliphatic carbocycles. The minimum atomic E-state index is -0.134. The van der Waals surface area contributed by atoms with Crippen LogP contribution >= 0.6 is 0 Å². The highest BCUT2D eigenvalue weighted by Gasteiger charge is 2.03. The lowest BCUT2D eigenvalue weighted by molar-refractivity contribution is 0.394. The Morgan fingerprint density at radius 1 is 1.00 bits per heavy atom. The fourth-order valence-corrected chi connectivity index (χ4v) is 1.67. The summed E-state index contributed by atoms with van der Waals surface area (Å²) in [4.78, 5) is 0. The van der Waals surface area contributed by atoms with Crippen molar-refractivity contribution in [1.82, 2.24) is 0 Å². The molecule has 0 heterocycles. The molecule has 1 heteroatoms. The lowest BCUT2D eigenvalue weighted by atomic mass is 9.94. The summed E-state index contributed by atoms with van der Waals surface area (Å²) in [6, 6.07) is 0. The van der Waals surface area contributed by atoms with Gasteiger partial charge in [-0.2, -0.15) is 0 Å². The Morgan fingerprint density at radius 2 is 1.75 bits per heavy atom. The zero-order valence-corrected chi connectivity index (χ0v) is 8.61. The summed E-state index contributed by atoms with van der Waals surface area (Å²) in [6.07, 6.45) is 8.32. The second kappa shape index (κ2) is 9.02. The van der Waals surface area contributed by atoms with E-state index in [2.05, 4.69) is 13.8 Å². The van der Waals surface area contributed by atoms with Crippen molar-refractivity contribution in [3.63, 3.8) is 0 Å². The highest BCUT2D eigenvalue weighted by molar-refractivity contribution is 4.56. The molecule has 74 valence electrons. The number of hydrogen-bond donors (Lipinski definition) is 0. The number of rotatable bonds is 8. The van der Waals surface area contributed by atoms with E-state index in [4.69, 9.17) is 0 Å². The van der Waals surface area contributed by atoms with Crippen LogP contribution in [0, 0.1) is 5.92 Å². The second-order valence-corrected chi connectivity index (χ2v) is 3.60. The third-order valence-corrected chi connectivity index (χ3v) is 2.52. The number of halogens is 1. The van der Waals surface area contributed by atoms with Crippen molar-refractivity contribution in [2.45, 2.75) is 58.8 Å². The van der Waals surface area contributed by atoms with E-state index in [1.807, 2.05) is 0 Å². The van der Waals surface area contributed by atoms with Gasteiger partial charge in [-0.1, -0.05) is 52.4 Å². The molecule has 0 bridgehead atoms. The monoisotopic (exact) mass is 174 g/mol. The fourth-order valence-electron chi connectivity index (χ4n) is 1.67. The maximum atomic E-state index is 11.7. The standard InChI is InChI=1S/C11H23F/c1-3-8-11(4-2)9-6-5-7-10-12/h11H,3-10H2,1-2H3. The summed E-state index contributed by atoms with van der Waals surface area (Å²) in [5.41, 5.74) is 0. The SMILES string of the molecule is CCCC(CC)CCCCCF. The largest absolute Gasteiger partial charge is 0.251 e. The topological polar surface area (TPSA) is 0 Å². The maximum absolute atomic E-state index is 11.7. The molecule has 0 saturated heterocycles. The molecule has 0 aliphatic heterocycles. The van der Waals surface area contributed by atoms with Gasteiger partial charge in [0.25, 0.3) is 0 Å². The molecule has 0 rings (SSSR count). The highest BCUT2D eigenvalue weighted by atomic mass is 19.1. The Labute approximate surface area is 76.6 Å². The van der Waals surface area contributed by atoms with Crippen LogP contribution in [0.4, 0.5) is 4.39 Å². The van der Waals surface area contributed by atoms with Crippen molar-refractivity contribution in [2.24, 2.45) is 5.92 Å². The molecule has 0 saturated carbocycles. The lowest BCUT2D eigenvalue weighted by Gasteiger charge is -2.12. The summed E-state index contributed by atoms with van der Waals surface area (Å²) >= 11 is 0. The van der Waals surface area contributed by atoms with E-state index in [9.17, 15) is 4.39 Å². The van der Waals surface area contributed by atoms with E-state index in [0.29, 0.717) is 0 Å². The zero-order chi connectivity index (χ0) is 9.23. The summed E-state index contributed by atoms with van der Waals surface area (Å²) in [5, 5.41) is 0. The predicted octanol–water partition coefficient (Wildman–Crippen LogP) is 4.34. The Kier molecular flexibility index (Phi) is 8.97. The fraction of sp³-hybridized carbons (Fsp3) is 1.00. The molecule has 0 aliphatic rings. The first-order valence-corrected chi connectivity index (χ1v) is 5.41. The molecule has 12 heavy (non-hydrogen) atoms. The van der Waals surface area contributed by atoms with Crippen LogP contribution in [0.15, 0.2) is 0 Å². The molecule has 0 amide bonds. The van der Waals surface area contributed by atoms with E-state index in [1.54, 1.807) is 0 Å². The first-order valence-electron chi connectivity index (χ1n) is 5.41. The first kappa shape index (κ1) is 11.9. The number of alkyl halides is 1. The summed E-state index contributed by atoms with van der Waals surface area (Å²) in [5.74, 6) is 0.898. The Morgan fingerprint density at radius 3 is 2.25 bits per heavy atom. The number of unbranched alkanes of at least 4 members (excludes halogenated alkanes) is 2. The summed E-state index contributed by atoms with van der Waals surface area (Å²) in [6.45, 7) is 4.37.